The molecule has 0 N–H and O–H groups in total. The molecule has 0 atom stereocenters. The van der Waals surface area contributed by atoms with Gasteiger partial charge in [0, 0.05) is 39.8 Å². The fourth-order valence-corrected chi connectivity index (χ4v) is 2.82. The van der Waals surface area contributed by atoms with E-state index in [1.807, 2.05) is 32.5 Å². The molecule has 1 aliphatic rings. The summed E-state index contributed by atoms with van der Waals surface area (Å²) < 4.78 is 1.86. The van der Waals surface area contributed by atoms with Crippen LogP contribution in [0, 0.1) is 18.3 Å². The molecule has 1 aromatic heterocycles. The smallest absolute Gasteiger partial charge is 0.103 e. The molecule has 0 radical (unpaired) electrons. The molecular formula is C14H22ClN5. The van der Waals surface area contributed by atoms with E-state index in [-0.39, 0.29) is 5.54 Å². The third-order valence-electron chi connectivity index (χ3n) is 4.07. The van der Waals surface area contributed by atoms with E-state index in [2.05, 4.69) is 21.0 Å². The SMILES string of the molecule is Cc1nn(C)c(CN2CCN(C(C)(C)C#N)CC2)c1Cl. The first kappa shape index (κ1) is 15.3. The molecule has 1 aliphatic heterocycles. The summed E-state index contributed by atoms with van der Waals surface area (Å²) in [5, 5.41) is 14.3. The number of hydrogen-bond acceptors (Lipinski definition) is 4. The number of aryl methyl sites for hydroxylation is 2. The van der Waals surface area contributed by atoms with E-state index in [4.69, 9.17) is 11.6 Å². The van der Waals surface area contributed by atoms with E-state index in [0.717, 1.165) is 49.1 Å². The van der Waals surface area contributed by atoms with Crippen LogP contribution in [0.4, 0.5) is 0 Å². The molecule has 1 fully saturated rings. The minimum atomic E-state index is -0.382. The minimum absolute atomic E-state index is 0.382. The van der Waals surface area contributed by atoms with Gasteiger partial charge in [0.05, 0.1) is 22.5 Å². The van der Waals surface area contributed by atoms with Gasteiger partial charge in [-0.1, -0.05) is 11.6 Å². The number of rotatable bonds is 3. The van der Waals surface area contributed by atoms with E-state index in [0.29, 0.717) is 0 Å². The van der Waals surface area contributed by atoms with Gasteiger partial charge in [0.15, 0.2) is 0 Å². The highest BCUT2D eigenvalue weighted by Gasteiger charge is 2.30. The summed E-state index contributed by atoms with van der Waals surface area (Å²) in [7, 11) is 1.93. The van der Waals surface area contributed by atoms with Crippen LogP contribution < -0.4 is 0 Å². The molecule has 2 heterocycles. The van der Waals surface area contributed by atoms with Crippen LogP contribution in [0.25, 0.3) is 0 Å². The van der Waals surface area contributed by atoms with Crippen LogP contribution in [0.1, 0.15) is 25.2 Å². The summed E-state index contributed by atoms with van der Waals surface area (Å²) in [5.74, 6) is 0. The number of hydrogen-bond donors (Lipinski definition) is 0. The lowest BCUT2D eigenvalue weighted by atomic mass is 10.0. The second-order valence-electron chi connectivity index (χ2n) is 5.90. The van der Waals surface area contributed by atoms with Gasteiger partial charge < -0.3 is 0 Å². The first-order chi connectivity index (χ1) is 9.35. The molecular weight excluding hydrogens is 274 g/mol. The molecule has 0 saturated carbocycles. The number of nitriles is 1. The molecule has 1 saturated heterocycles. The summed E-state index contributed by atoms with van der Waals surface area (Å²) in [6.07, 6.45) is 0. The third kappa shape index (κ3) is 2.98. The first-order valence-electron chi connectivity index (χ1n) is 6.92. The van der Waals surface area contributed by atoms with Crippen LogP contribution >= 0.6 is 11.6 Å². The molecule has 5 nitrogen and oxygen atoms in total. The highest BCUT2D eigenvalue weighted by atomic mass is 35.5. The molecule has 1 aromatic rings. The molecule has 110 valence electrons. The molecule has 20 heavy (non-hydrogen) atoms. The Kier molecular flexibility index (Phi) is 4.38. The Hall–Kier alpha value is -1.09. The summed E-state index contributed by atoms with van der Waals surface area (Å²) in [6.45, 7) is 10.4. The van der Waals surface area contributed by atoms with Gasteiger partial charge in [-0.2, -0.15) is 10.4 Å². The highest BCUT2D eigenvalue weighted by molar-refractivity contribution is 6.31. The molecule has 6 heteroatoms. The standard InChI is InChI=1S/C14H22ClN5/c1-11-13(15)12(18(4)17-11)9-19-5-7-20(8-6-19)14(2,3)10-16/h5-9H2,1-4H3. The molecule has 0 bridgehead atoms. The monoisotopic (exact) mass is 295 g/mol. The zero-order valence-electron chi connectivity index (χ0n) is 12.6. The van der Waals surface area contributed by atoms with E-state index in [1.165, 1.54) is 0 Å². The number of nitrogens with zero attached hydrogens (tertiary/aromatic N) is 5. The van der Waals surface area contributed by atoms with Gasteiger partial charge in [0.2, 0.25) is 0 Å². The maximum Gasteiger partial charge on any atom is 0.103 e. The maximum atomic E-state index is 9.19. The topological polar surface area (TPSA) is 48.1 Å². The van der Waals surface area contributed by atoms with Crippen LogP contribution in [0.3, 0.4) is 0 Å². The van der Waals surface area contributed by atoms with Gasteiger partial charge in [0.1, 0.15) is 5.54 Å². The molecule has 0 amide bonds. The Labute approximate surface area is 125 Å². The largest absolute Gasteiger partial charge is 0.295 e. The van der Waals surface area contributed by atoms with Crippen molar-refractivity contribution in [1.82, 2.24) is 19.6 Å². The van der Waals surface area contributed by atoms with Gasteiger partial charge in [-0.15, -0.1) is 0 Å². The minimum Gasteiger partial charge on any atom is -0.295 e. The lowest BCUT2D eigenvalue weighted by Gasteiger charge is -2.40. The van der Waals surface area contributed by atoms with E-state index in [9.17, 15) is 5.26 Å². The van der Waals surface area contributed by atoms with Crippen molar-refractivity contribution in [3.63, 3.8) is 0 Å². The Morgan fingerprint density at radius 3 is 2.35 bits per heavy atom. The molecule has 0 aliphatic carbocycles. The predicted octanol–water partition coefficient (Wildman–Crippen LogP) is 1.80. The Morgan fingerprint density at radius 1 is 1.30 bits per heavy atom. The van der Waals surface area contributed by atoms with Crippen LogP contribution in [-0.4, -0.2) is 51.3 Å². The second-order valence-corrected chi connectivity index (χ2v) is 6.28. The van der Waals surface area contributed by atoms with Gasteiger partial charge in [0.25, 0.3) is 0 Å². The summed E-state index contributed by atoms with van der Waals surface area (Å²) in [6, 6.07) is 2.37. The van der Waals surface area contributed by atoms with Crippen LogP contribution in [-0.2, 0) is 13.6 Å². The average molecular weight is 296 g/mol. The fourth-order valence-electron chi connectivity index (χ4n) is 2.60. The van der Waals surface area contributed by atoms with Crippen LogP contribution in [0.15, 0.2) is 0 Å². The van der Waals surface area contributed by atoms with E-state index in [1.54, 1.807) is 0 Å². The number of piperazine rings is 1. The van der Waals surface area contributed by atoms with E-state index >= 15 is 0 Å². The molecule has 0 unspecified atom stereocenters. The Morgan fingerprint density at radius 2 is 1.90 bits per heavy atom. The number of aromatic nitrogens is 2. The first-order valence-corrected chi connectivity index (χ1v) is 7.29. The zero-order chi connectivity index (χ0) is 14.9. The van der Waals surface area contributed by atoms with Crippen LogP contribution in [0.2, 0.25) is 5.02 Å². The van der Waals surface area contributed by atoms with Gasteiger partial charge in [-0.25, -0.2) is 0 Å². The zero-order valence-corrected chi connectivity index (χ0v) is 13.4. The van der Waals surface area contributed by atoms with Crippen molar-refractivity contribution in [3.05, 3.63) is 16.4 Å². The van der Waals surface area contributed by atoms with Gasteiger partial charge >= 0.3 is 0 Å². The lowest BCUT2D eigenvalue weighted by Crippen LogP contribution is -2.53. The van der Waals surface area contributed by atoms with Gasteiger partial charge in [-0.3, -0.25) is 14.5 Å². The van der Waals surface area contributed by atoms with Crippen molar-refractivity contribution in [1.29, 1.82) is 5.26 Å². The summed E-state index contributed by atoms with van der Waals surface area (Å²) in [4.78, 5) is 4.60. The normalized spacial score (nSPS) is 18.2. The number of halogens is 1. The Balaban J connectivity index is 1.97. The predicted molar refractivity (Wildman–Crippen MR) is 79.5 cm³/mol. The molecule has 2 rings (SSSR count). The van der Waals surface area contributed by atoms with Crippen molar-refractivity contribution < 1.29 is 0 Å². The maximum absolute atomic E-state index is 9.19. The van der Waals surface area contributed by atoms with Crippen molar-refractivity contribution in [2.24, 2.45) is 7.05 Å². The fraction of sp³-hybridized carbons (Fsp3) is 0.714. The average Bonchev–Trinajstić information content (AvgIpc) is 2.66. The molecule has 0 spiro atoms. The van der Waals surface area contributed by atoms with Crippen LogP contribution in [0.5, 0.6) is 0 Å². The van der Waals surface area contributed by atoms with E-state index < -0.39 is 0 Å². The van der Waals surface area contributed by atoms with Crippen molar-refractivity contribution in [2.45, 2.75) is 32.9 Å². The lowest BCUT2D eigenvalue weighted by molar-refractivity contribution is 0.0752. The quantitative estimate of drug-likeness (QED) is 0.853. The summed E-state index contributed by atoms with van der Waals surface area (Å²) >= 11 is 6.29. The van der Waals surface area contributed by atoms with Crippen molar-refractivity contribution >= 4 is 11.6 Å². The molecule has 0 aromatic carbocycles. The van der Waals surface area contributed by atoms with Crippen molar-refractivity contribution in [2.75, 3.05) is 26.2 Å². The van der Waals surface area contributed by atoms with Crippen molar-refractivity contribution in [3.8, 4) is 6.07 Å². The third-order valence-corrected chi connectivity index (χ3v) is 4.56. The highest BCUT2D eigenvalue weighted by Crippen LogP contribution is 2.22. The second kappa shape index (κ2) is 5.72. The summed E-state index contributed by atoms with van der Waals surface area (Å²) in [5.41, 5.74) is 1.57. The Bertz CT molecular complexity index is 520. The van der Waals surface area contributed by atoms with Gasteiger partial charge in [-0.05, 0) is 20.8 Å².